The summed E-state index contributed by atoms with van der Waals surface area (Å²) in [4.78, 5) is 24.3. The number of rotatable bonds is 3. The summed E-state index contributed by atoms with van der Waals surface area (Å²) >= 11 is 1.52. The van der Waals surface area contributed by atoms with Gasteiger partial charge in [0, 0.05) is 16.6 Å². The van der Waals surface area contributed by atoms with Gasteiger partial charge < -0.3 is 9.88 Å². The van der Waals surface area contributed by atoms with Gasteiger partial charge in [-0.1, -0.05) is 12.1 Å². The predicted octanol–water partition coefficient (Wildman–Crippen LogP) is 3.01. The Kier molecular flexibility index (Phi) is 3.58. The maximum Gasteiger partial charge on any atom is 0.259 e. The summed E-state index contributed by atoms with van der Waals surface area (Å²) in [7, 11) is 0. The summed E-state index contributed by atoms with van der Waals surface area (Å²) < 4.78 is 2.37. The van der Waals surface area contributed by atoms with Crippen LogP contribution in [0, 0.1) is 6.92 Å². The lowest BCUT2D eigenvalue weighted by atomic mass is 10.2. The number of anilines is 1. The van der Waals surface area contributed by atoms with Crippen LogP contribution in [-0.4, -0.2) is 10.5 Å². The Labute approximate surface area is 125 Å². The number of pyridine rings is 1. The maximum absolute atomic E-state index is 12.2. The van der Waals surface area contributed by atoms with E-state index in [0.717, 1.165) is 16.0 Å². The van der Waals surface area contributed by atoms with Crippen LogP contribution in [0.4, 0.5) is 5.69 Å². The number of aryl methyl sites for hydroxylation is 1. The molecular weight excluding hydrogens is 284 g/mol. The summed E-state index contributed by atoms with van der Waals surface area (Å²) in [6, 6.07) is 11.2. The number of fused-ring (bicyclic) bond motifs is 1. The molecule has 0 fully saturated rings. The number of amides is 1. The molecule has 0 aliphatic heterocycles. The van der Waals surface area contributed by atoms with Gasteiger partial charge in [-0.3, -0.25) is 9.59 Å². The molecule has 1 N–H and O–H groups in total. The van der Waals surface area contributed by atoms with Gasteiger partial charge in [-0.15, -0.1) is 11.3 Å². The Morgan fingerprint density at radius 1 is 1.29 bits per heavy atom. The van der Waals surface area contributed by atoms with Crippen LogP contribution in [0.3, 0.4) is 0 Å². The Morgan fingerprint density at radius 2 is 2.14 bits per heavy atom. The Bertz CT molecular complexity index is 864. The lowest BCUT2D eigenvalue weighted by Gasteiger charge is -2.08. The molecule has 21 heavy (non-hydrogen) atoms. The largest absolute Gasteiger partial charge is 0.325 e. The van der Waals surface area contributed by atoms with E-state index in [0.29, 0.717) is 5.39 Å². The van der Waals surface area contributed by atoms with Crippen LogP contribution in [0.25, 0.3) is 10.1 Å². The zero-order valence-electron chi connectivity index (χ0n) is 11.5. The topological polar surface area (TPSA) is 51.1 Å². The average Bonchev–Trinajstić information content (AvgIpc) is 2.91. The lowest BCUT2D eigenvalue weighted by molar-refractivity contribution is -0.116. The van der Waals surface area contributed by atoms with Crippen molar-refractivity contribution < 1.29 is 4.79 Å². The number of carbonyl (C=O) groups excluding carboxylic acids is 1. The molecule has 0 saturated carbocycles. The van der Waals surface area contributed by atoms with Gasteiger partial charge in [0.2, 0.25) is 5.91 Å². The van der Waals surface area contributed by atoms with E-state index < -0.39 is 0 Å². The van der Waals surface area contributed by atoms with Crippen molar-refractivity contribution in [1.82, 2.24) is 4.57 Å². The van der Waals surface area contributed by atoms with Crippen molar-refractivity contribution in [3.05, 3.63) is 63.9 Å². The van der Waals surface area contributed by atoms with E-state index in [4.69, 9.17) is 0 Å². The van der Waals surface area contributed by atoms with E-state index in [1.54, 1.807) is 12.3 Å². The highest BCUT2D eigenvalue weighted by atomic mass is 32.1. The predicted molar refractivity (Wildman–Crippen MR) is 85.9 cm³/mol. The molecule has 4 nitrogen and oxygen atoms in total. The van der Waals surface area contributed by atoms with Crippen LogP contribution in [0.5, 0.6) is 0 Å². The first-order valence-electron chi connectivity index (χ1n) is 6.57. The fraction of sp³-hybridized carbons (Fsp3) is 0.125. The summed E-state index contributed by atoms with van der Waals surface area (Å²) in [5.41, 5.74) is 1.68. The second-order valence-corrected chi connectivity index (χ2v) is 5.81. The van der Waals surface area contributed by atoms with Gasteiger partial charge >= 0.3 is 0 Å². The molecule has 0 spiro atoms. The number of hydrogen-bond donors (Lipinski definition) is 1. The minimum absolute atomic E-state index is 0.0125. The number of aromatic nitrogens is 1. The Morgan fingerprint density at radius 3 is 2.95 bits per heavy atom. The first-order chi connectivity index (χ1) is 10.1. The maximum atomic E-state index is 12.2. The summed E-state index contributed by atoms with van der Waals surface area (Å²) in [5.74, 6) is -0.211. The molecule has 0 unspecified atom stereocenters. The van der Waals surface area contributed by atoms with Crippen LogP contribution in [0.15, 0.2) is 52.8 Å². The molecule has 1 amide bonds. The number of nitrogens with one attached hydrogen (secondary N) is 1. The fourth-order valence-corrected chi connectivity index (χ4v) is 2.98. The number of thiophene rings is 1. The van der Waals surface area contributed by atoms with Crippen molar-refractivity contribution >= 4 is 33.0 Å². The first-order valence-corrected chi connectivity index (χ1v) is 7.44. The molecule has 0 aliphatic rings. The molecule has 0 bridgehead atoms. The van der Waals surface area contributed by atoms with Gasteiger partial charge in [0.1, 0.15) is 6.54 Å². The van der Waals surface area contributed by atoms with E-state index in [1.165, 1.54) is 15.9 Å². The normalized spacial score (nSPS) is 10.7. The van der Waals surface area contributed by atoms with Crippen LogP contribution in [-0.2, 0) is 11.3 Å². The van der Waals surface area contributed by atoms with Gasteiger partial charge in [0.25, 0.3) is 5.56 Å². The highest BCUT2D eigenvalue weighted by Crippen LogP contribution is 2.16. The number of hydrogen-bond acceptors (Lipinski definition) is 3. The van der Waals surface area contributed by atoms with Gasteiger partial charge in [-0.25, -0.2) is 0 Å². The molecule has 3 rings (SSSR count). The Balaban J connectivity index is 1.80. The monoisotopic (exact) mass is 298 g/mol. The molecule has 0 radical (unpaired) electrons. The molecule has 1 aromatic carbocycles. The summed E-state index contributed by atoms with van der Waals surface area (Å²) in [5, 5.41) is 5.34. The van der Waals surface area contributed by atoms with Crippen LogP contribution in [0.1, 0.15) is 5.56 Å². The minimum Gasteiger partial charge on any atom is -0.325 e. The molecule has 3 aromatic rings. The molecule has 0 atom stereocenters. The summed E-state index contributed by atoms with van der Waals surface area (Å²) in [6.45, 7) is 1.98. The third-order valence-corrected chi connectivity index (χ3v) is 4.09. The van der Waals surface area contributed by atoms with Gasteiger partial charge in [0.15, 0.2) is 0 Å². The second kappa shape index (κ2) is 5.54. The zero-order chi connectivity index (χ0) is 14.8. The number of benzene rings is 1. The van der Waals surface area contributed by atoms with Crippen LogP contribution in [0.2, 0.25) is 0 Å². The molecule has 5 heteroatoms. The van der Waals surface area contributed by atoms with E-state index >= 15 is 0 Å². The van der Waals surface area contributed by atoms with E-state index in [2.05, 4.69) is 5.32 Å². The zero-order valence-corrected chi connectivity index (χ0v) is 12.3. The van der Waals surface area contributed by atoms with Crippen molar-refractivity contribution in [3.63, 3.8) is 0 Å². The molecular formula is C16H14N2O2S. The summed E-state index contributed by atoms with van der Waals surface area (Å²) in [6.07, 6.45) is 1.66. The lowest BCUT2D eigenvalue weighted by Crippen LogP contribution is -2.26. The highest BCUT2D eigenvalue weighted by molar-refractivity contribution is 7.17. The average molecular weight is 298 g/mol. The van der Waals surface area contributed by atoms with Gasteiger partial charge in [-0.05, 0) is 42.1 Å². The molecule has 106 valence electrons. The van der Waals surface area contributed by atoms with E-state index in [1.807, 2.05) is 42.6 Å². The fourth-order valence-electron chi connectivity index (χ4n) is 2.21. The quantitative estimate of drug-likeness (QED) is 0.808. The smallest absolute Gasteiger partial charge is 0.259 e. The van der Waals surface area contributed by atoms with Crippen LogP contribution >= 0.6 is 11.3 Å². The van der Waals surface area contributed by atoms with E-state index in [-0.39, 0.29) is 18.0 Å². The molecule has 0 saturated heterocycles. The van der Waals surface area contributed by atoms with Crippen molar-refractivity contribution in [2.75, 3.05) is 5.32 Å². The number of carbonyl (C=O) groups is 1. The molecule has 0 aliphatic carbocycles. The number of nitrogens with zero attached hydrogens (tertiary/aromatic N) is 1. The Hall–Kier alpha value is -2.40. The molecule has 2 heterocycles. The van der Waals surface area contributed by atoms with Gasteiger partial charge in [-0.2, -0.15) is 0 Å². The van der Waals surface area contributed by atoms with Crippen molar-refractivity contribution in [1.29, 1.82) is 0 Å². The SMILES string of the molecule is Cc1cccc(NC(=O)Cn2ccc3sccc3c2=O)c1. The third kappa shape index (κ3) is 2.87. The van der Waals surface area contributed by atoms with E-state index in [9.17, 15) is 9.59 Å². The van der Waals surface area contributed by atoms with Crippen molar-refractivity contribution in [3.8, 4) is 0 Å². The minimum atomic E-state index is -0.211. The van der Waals surface area contributed by atoms with Crippen LogP contribution < -0.4 is 10.9 Å². The first kappa shape index (κ1) is 13.6. The highest BCUT2D eigenvalue weighted by Gasteiger charge is 2.08. The standard InChI is InChI=1S/C16H14N2O2S/c1-11-3-2-4-12(9-11)17-15(19)10-18-7-5-14-13(16(18)20)6-8-21-14/h2-9H,10H2,1H3,(H,17,19). The van der Waals surface area contributed by atoms with Crippen molar-refractivity contribution in [2.45, 2.75) is 13.5 Å². The third-order valence-electron chi connectivity index (χ3n) is 3.21. The molecule has 2 aromatic heterocycles. The second-order valence-electron chi connectivity index (χ2n) is 4.86. The van der Waals surface area contributed by atoms with Crippen molar-refractivity contribution in [2.24, 2.45) is 0 Å². The van der Waals surface area contributed by atoms with Gasteiger partial charge in [0.05, 0.1) is 5.39 Å².